The SMILES string of the molecule is O=S(=O)([O-])[O-].[Zn+2].c1cncnc1. The van der Waals surface area contributed by atoms with Gasteiger partial charge in [0.2, 0.25) is 0 Å². The smallest absolute Gasteiger partial charge is 0.759 e. The van der Waals surface area contributed by atoms with Gasteiger partial charge in [-0.25, -0.2) is 9.97 Å². The van der Waals surface area contributed by atoms with Crippen LogP contribution in [0.2, 0.25) is 0 Å². The molecule has 0 unspecified atom stereocenters. The molecule has 0 radical (unpaired) electrons. The average molecular weight is 242 g/mol. The predicted octanol–water partition coefficient (Wildman–Crippen LogP) is -0.864. The Bertz CT molecular complexity index is 242. The van der Waals surface area contributed by atoms with Crippen LogP contribution in [-0.2, 0) is 29.9 Å². The molecule has 0 aromatic carbocycles. The van der Waals surface area contributed by atoms with Gasteiger partial charge >= 0.3 is 19.5 Å². The van der Waals surface area contributed by atoms with E-state index in [0.29, 0.717) is 0 Å². The molecule has 0 N–H and O–H groups in total. The molecule has 1 rings (SSSR count). The number of rotatable bonds is 0. The molecule has 0 atom stereocenters. The Morgan fingerprint density at radius 1 is 1.08 bits per heavy atom. The van der Waals surface area contributed by atoms with E-state index in [2.05, 4.69) is 9.97 Å². The van der Waals surface area contributed by atoms with Crippen LogP contribution in [0.5, 0.6) is 0 Å². The van der Waals surface area contributed by atoms with Gasteiger partial charge in [0.25, 0.3) is 0 Å². The van der Waals surface area contributed by atoms with Gasteiger partial charge in [-0.1, -0.05) is 0 Å². The van der Waals surface area contributed by atoms with Crippen molar-refractivity contribution in [2.75, 3.05) is 0 Å². The van der Waals surface area contributed by atoms with Crippen molar-refractivity contribution in [1.82, 2.24) is 9.97 Å². The normalized spacial score (nSPS) is 8.83. The summed E-state index contributed by atoms with van der Waals surface area (Å²) < 4.78 is 34.1. The molecular weight excluding hydrogens is 238 g/mol. The van der Waals surface area contributed by atoms with E-state index in [1.165, 1.54) is 6.33 Å². The molecule has 0 aliphatic carbocycles. The maximum atomic E-state index is 8.52. The Morgan fingerprint density at radius 2 is 1.42 bits per heavy atom. The summed E-state index contributed by atoms with van der Waals surface area (Å²) >= 11 is 0. The topological polar surface area (TPSA) is 106 Å². The Kier molecular flexibility index (Phi) is 8.51. The Hall–Kier alpha value is -0.427. The molecule has 0 saturated heterocycles. The molecule has 6 nitrogen and oxygen atoms in total. The Labute approximate surface area is 82.4 Å². The standard InChI is InChI=1S/C4H4N2.H2O4S.Zn/c1-2-5-4-6-3-1;1-5(2,3)4;/h1-4H;(H2,1,2,3,4);/q;;+2/p-2. The minimum absolute atomic E-state index is 0. The van der Waals surface area contributed by atoms with E-state index >= 15 is 0 Å². The first kappa shape index (κ1) is 14.1. The van der Waals surface area contributed by atoms with Crippen molar-refractivity contribution >= 4 is 10.4 Å². The second-order valence-corrected chi connectivity index (χ2v) is 2.13. The third kappa shape index (κ3) is 22.7. The van der Waals surface area contributed by atoms with Crippen LogP contribution in [0.3, 0.4) is 0 Å². The minimum Gasteiger partial charge on any atom is -0.759 e. The molecular formula is C4H4N2O4SZn. The summed E-state index contributed by atoms with van der Waals surface area (Å²) in [6.45, 7) is 0. The zero-order valence-corrected chi connectivity index (χ0v) is 9.74. The van der Waals surface area contributed by atoms with Crippen molar-refractivity contribution in [2.45, 2.75) is 0 Å². The molecule has 1 aromatic heterocycles. The zero-order chi connectivity index (χ0) is 8.74. The Balaban J connectivity index is 0. The Morgan fingerprint density at radius 3 is 1.50 bits per heavy atom. The molecule has 8 heteroatoms. The second-order valence-electron chi connectivity index (χ2n) is 1.31. The largest absolute Gasteiger partial charge is 2.00 e. The fourth-order valence-corrected chi connectivity index (χ4v) is 0.253. The van der Waals surface area contributed by atoms with E-state index in [4.69, 9.17) is 17.5 Å². The molecule has 1 aromatic rings. The first-order valence-electron chi connectivity index (χ1n) is 2.37. The molecule has 0 saturated carbocycles. The van der Waals surface area contributed by atoms with Crippen molar-refractivity contribution in [2.24, 2.45) is 0 Å². The molecule has 12 heavy (non-hydrogen) atoms. The monoisotopic (exact) mass is 240 g/mol. The van der Waals surface area contributed by atoms with Gasteiger partial charge < -0.3 is 9.11 Å². The van der Waals surface area contributed by atoms with Crippen LogP contribution in [0.25, 0.3) is 0 Å². The quantitative estimate of drug-likeness (QED) is 0.332. The summed E-state index contributed by atoms with van der Waals surface area (Å²) in [6.07, 6.45) is 4.88. The van der Waals surface area contributed by atoms with Crippen LogP contribution in [0, 0.1) is 0 Å². The number of aromatic nitrogens is 2. The molecule has 62 valence electrons. The van der Waals surface area contributed by atoms with Gasteiger partial charge in [-0.2, -0.15) is 0 Å². The summed E-state index contributed by atoms with van der Waals surface area (Å²) in [4.78, 5) is 7.35. The molecule has 0 aliphatic rings. The van der Waals surface area contributed by atoms with E-state index < -0.39 is 10.4 Å². The van der Waals surface area contributed by atoms with E-state index in [1.807, 2.05) is 0 Å². The summed E-state index contributed by atoms with van der Waals surface area (Å²) in [7, 11) is -5.17. The third-order valence-corrected chi connectivity index (χ3v) is 0.478. The number of hydrogen-bond acceptors (Lipinski definition) is 6. The average Bonchev–Trinajstić information content (AvgIpc) is 1.88. The van der Waals surface area contributed by atoms with Crippen molar-refractivity contribution in [3.8, 4) is 0 Å². The van der Waals surface area contributed by atoms with Crippen molar-refractivity contribution in [3.63, 3.8) is 0 Å². The first-order chi connectivity index (χ1) is 5.00. The molecule has 0 amide bonds. The minimum atomic E-state index is -5.17. The van der Waals surface area contributed by atoms with Gasteiger partial charge in [0, 0.05) is 22.8 Å². The van der Waals surface area contributed by atoms with Crippen molar-refractivity contribution < 1.29 is 37.0 Å². The summed E-state index contributed by atoms with van der Waals surface area (Å²) in [5.74, 6) is 0. The van der Waals surface area contributed by atoms with Crippen LogP contribution in [0.15, 0.2) is 24.8 Å². The van der Waals surface area contributed by atoms with E-state index in [1.54, 1.807) is 18.5 Å². The summed E-state index contributed by atoms with van der Waals surface area (Å²) in [5.41, 5.74) is 0. The van der Waals surface area contributed by atoms with Crippen LogP contribution in [0.4, 0.5) is 0 Å². The first-order valence-corrected chi connectivity index (χ1v) is 3.70. The van der Waals surface area contributed by atoms with E-state index in [9.17, 15) is 0 Å². The maximum absolute atomic E-state index is 8.52. The molecule has 0 spiro atoms. The van der Waals surface area contributed by atoms with Gasteiger partial charge in [0.1, 0.15) is 6.33 Å². The molecule has 0 aliphatic heterocycles. The van der Waals surface area contributed by atoms with Crippen LogP contribution >= 0.6 is 0 Å². The molecule has 0 bridgehead atoms. The molecule has 1 heterocycles. The van der Waals surface area contributed by atoms with Gasteiger partial charge in [-0.3, -0.25) is 8.42 Å². The van der Waals surface area contributed by atoms with Crippen LogP contribution < -0.4 is 0 Å². The van der Waals surface area contributed by atoms with Gasteiger partial charge in [0.15, 0.2) is 0 Å². The number of nitrogens with zero attached hydrogens (tertiary/aromatic N) is 2. The predicted molar refractivity (Wildman–Crippen MR) is 32.5 cm³/mol. The fourth-order valence-electron chi connectivity index (χ4n) is 0.253. The van der Waals surface area contributed by atoms with Gasteiger partial charge in [-0.15, -0.1) is 0 Å². The summed E-state index contributed by atoms with van der Waals surface area (Å²) in [5, 5.41) is 0. The maximum Gasteiger partial charge on any atom is 2.00 e. The van der Waals surface area contributed by atoms with Crippen molar-refractivity contribution in [3.05, 3.63) is 24.8 Å². The molecule has 0 fully saturated rings. The summed E-state index contributed by atoms with van der Waals surface area (Å²) in [6, 6.07) is 1.78. The van der Waals surface area contributed by atoms with Crippen molar-refractivity contribution in [1.29, 1.82) is 0 Å². The van der Waals surface area contributed by atoms with Gasteiger partial charge in [-0.05, 0) is 6.07 Å². The number of hydrogen-bond donors (Lipinski definition) is 0. The van der Waals surface area contributed by atoms with Crippen LogP contribution in [-0.4, -0.2) is 27.5 Å². The van der Waals surface area contributed by atoms with E-state index in [-0.39, 0.29) is 19.5 Å². The fraction of sp³-hybridized carbons (Fsp3) is 0. The zero-order valence-electron chi connectivity index (χ0n) is 5.95. The second kappa shape index (κ2) is 7.23. The third-order valence-electron chi connectivity index (χ3n) is 0.478. The van der Waals surface area contributed by atoms with Gasteiger partial charge in [0.05, 0.1) is 0 Å². The van der Waals surface area contributed by atoms with E-state index in [0.717, 1.165) is 0 Å². The van der Waals surface area contributed by atoms with Crippen LogP contribution in [0.1, 0.15) is 0 Å².